The molecular formula is C15H25BrN2O. The second kappa shape index (κ2) is 8.56. The lowest BCUT2D eigenvalue weighted by molar-refractivity contribution is 0.384. The zero-order valence-corrected chi connectivity index (χ0v) is 13.7. The van der Waals surface area contributed by atoms with Gasteiger partial charge in [-0.2, -0.15) is 0 Å². The average Bonchev–Trinajstić information content (AvgIpc) is 2.44. The lowest BCUT2D eigenvalue weighted by Crippen LogP contribution is -2.32. The van der Waals surface area contributed by atoms with Gasteiger partial charge in [-0.05, 0) is 30.7 Å². The molecule has 0 aliphatic heterocycles. The Labute approximate surface area is 125 Å². The van der Waals surface area contributed by atoms with Crippen molar-refractivity contribution in [1.29, 1.82) is 0 Å². The van der Waals surface area contributed by atoms with Crippen molar-refractivity contribution in [2.24, 2.45) is 11.7 Å². The molecule has 0 aliphatic carbocycles. The highest BCUT2D eigenvalue weighted by molar-refractivity contribution is 9.10. The first-order valence-corrected chi connectivity index (χ1v) is 7.72. The second-order valence-corrected chi connectivity index (χ2v) is 5.68. The van der Waals surface area contributed by atoms with Crippen molar-refractivity contribution in [2.75, 3.05) is 20.2 Å². The van der Waals surface area contributed by atoms with E-state index in [9.17, 15) is 0 Å². The summed E-state index contributed by atoms with van der Waals surface area (Å²) in [6, 6.07) is 6.17. The number of nitrogens with one attached hydrogen (secondary N) is 1. The highest BCUT2D eigenvalue weighted by atomic mass is 79.9. The quantitative estimate of drug-likeness (QED) is 0.768. The minimum atomic E-state index is 0.132. The molecule has 0 saturated carbocycles. The molecule has 3 N–H and O–H groups in total. The third kappa shape index (κ3) is 4.79. The molecule has 1 atom stereocenters. The molecule has 1 unspecified atom stereocenters. The molecule has 108 valence electrons. The molecule has 0 radical (unpaired) electrons. The maximum Gasteiger partial charge on any atom is 0.123 e. The van der Waals surface area contributed by atoms with Gasteiger partial charge in [0.25, 0.3) is 0 Å². The Balaban J connectivity index is 2.81. The van der Waals surface area contributed by atoms with E-state index in [0.717, 1.165) is 22.3 Å². The van der Waals surface area contributed by atoms with Gasteiger partial charge in [-0.1, -0.05) is 42.6 Å². The van der Waals surface area contributed by atoms with Crippen LogP contribution < -0.4 is 15.8 Å². The molecule has 0 aromatic heterocycles. The van der Waals surface area contributed by atoms with E-state index in [2.05, 4.69) is 41.2 Å². The van der Waals surface area contributed by atoms with Crippen LogP contribution in [0.1, 0.15) is 38.3 Å². The van der Waals surface area contributed by atoms with Crippen molar-refractivity contribution in [3.63, 3.8) is 0 Å². The van der Waals surface area contributed by atoms with Gasteiger partial charge in [-0.3, -0.25) is 0 Å². The van der Waals surface area contributed by atoms with E-state index in [1.807, 2.05) is 12.1 Å². The van der Waals surface area contributed by atoms with E-state index in [4.69, 9.17) is 10.5 Å². The van der Waals surface area contributed by atoms with Crippen molar-refractivity contribution >= 4 is 15.9 Å². The van der Waals surface area contributed by atoms with Crippen LogP contribution >= 0.6 is 15.9 Å². The minimum Gasteiger partial charge on any atom is -0.496 e. The maximum absolute atomic E-state index is 5.91. The molecule has 0 heterocycles. The summed E-state index contributed by atoms with van der Waals surface area (Å²) >= 11 is 3.51. The average molecular weight is 329 g/mol. The van der Waals surface area contributed by atoms with Crippen LogP contribution in [0.15, 0.2) is 22.7 Å². The van der Waals surface area contributed by atoms with E-state index in [1.165, 1.54) is 12.8 Å². The Morgan fingerprint density at radius 2 is 2.00 bits per heavy atom. The molecule has 0 bridgehead atoms. The molecule has 1 rings (SSSR count). The molecule has 1 aromatic carbocycles. The Bertz CT molecular complexity index is 380. The molecule has 19 heavy (non-hydrogen) atoms. The number of nitrogens with two attached hydrogens (primary N) is 1. The monoisotopic (exact) mass is 328 g/mol. The van der Waals surface area contributed by atoms with Crippen molar-refractivity contribution in [2.45, 2.75) is 32.7 Å². The maximum atomic E-state index is 5.91. The predicted octanol–water partition coefficient (Wildman–Crippen LogP) is 3.48. The smallest absolute Gasteiger partial charge is 0.123 e. The lowest BCUT2D eigenvalue weighted by atomic mass is 10.0. The van der Waals surface area contributed by atoms with Gasteiger partial charge < -0.3 is 15.8 Å². The summed E-state index contributed by atoms with van der Waals surface area (Å²) in [6.07, 6.45) is 2.38. The number of rotatable bonds is 8. The highest BCUT2D eigenvalue weighted by Crippen LogP contribution is 2.28. The topological polar surface area (TPSA) is 47.3 Å². The Kier molecular flexibility index (Phi) is 7.42. The van der Waals surface area contributed by atoms with Gasteiger partial charge in [-0.25, -0.2) is 0 Å². The normalized spacial score (nSPS) is 12.7. The summed E-state index contributed by atoms with van der Waals surface area (Å²) in [5.74, 6) is 1.59. The summed E-state index contributed by atoms with van der Waals surface area (Å²) < 4.78 is 6.47. The first kappa shape index (κ1) is 16.5. The molecule has 3 nitrogen and oxygen atoms in total. The van der Waals surface area contributed by atoms with E-state index in [1.54, 1.807) is 7.11 Å². The van der Waals surface area contributed by atoms with Gasteiger partial charge in [0, 0.05) is 22.6 Å². The molecule has 0 amide bonds. The Morgan fingerprint density at radius 1 is 1.32 bits per heavy atom. The number of hydrogen-bond donors (Lipinski definition) is 2. The fourth-order valence-electron chi connectivity index (χ4n) is 2.18. The fraction of sp³-hybridized carbons (Fsp3) is 0.600. The van der Waals surface area contributed by atoms with Crippen molar-refractivity contribution in [3.8, 4) is 5.75 Å². The lowest BCUT2D eigenvalue weighted by Gasteiger charge is -2.23. The number of ether oxygens (including phenoxy) is 1. The van der Waals surface area contributed by atoms with Crippen LogP contribution in [0, 0.1) is 5.92 Å². The van der Waals surface area contributed by atoms with Crippen LogP contribution in [0.4, 0.5) is 0 Å². The standard InChI is InChI=1S/C15H25BrN2O/c1-4-11(5-2)10-18-14(9-17)13-8-12(16)6-7-15(13)19-3/h6-8,11,14,18H,4-5,9-10,17H2,1-3H3. The summed E-state index contributed by atoms with van der Waals surface area (Å²) in [5, 5.41) is 3.56. The number of halogens is 1. The van der Waals surface area contributed by atoms with E-state index >= 15 is 0 Å². The SMILES string of the molecule is CCC(CC)CNC(CN)c1cc(Br)ccc1OC. The summed E-state index contributed by atoms with van der Waals surface area (Å²) in [7, 11) is 1.70. The van der Waals surface area contributed by atoms with E-state index in [-0.39, 0.29) is 6.04 Å². The van der Waals surface area contributed by atoms with Gasteiger partial charge in [0.1, 0.15) is 5.75 Å². The van der Waals surface area contributed by atoms with Gasteiger partial charge in [-0.15, -0.1) is 0 Å². The second-order valence-electron chi connectivity index (χ2n) is 4.77. The van der Waals surface area contributed by atoms with Crippen LogP contribution in [0.25, 0.3) is 0 Å². The molecule has 0 spiro atoms. The highest BCUT2D eigenvalue weighted by Gasteiger charge is 2.16. The van der Waals surface area contributed by atoms with Crippen molar-refractivity contribution in [3.05, 3.63) is 28.2 Å². The zero-order valence-electron chi connectivity index (χ0n) is 12.1. The van der Waals surface area contributed by atoms with Crippen LogP contribution in [-0.2, 0) is 0 Å². The molecule has 4 heteroatoms. The Morgan fingerprint density at radius 3 is 2.53 bits per heavy atom. The van der Waals surface area contributed by atoms with Gasteiger partial charge >= 0.3 is 0 Å². The van der Waals surface area contributed by atoms with E-state index < -0.39 is 0 Å². The van der Waals surface area contributed by atoms with Crippen LogP contribution in [0.2, 0.25) is 0 Å². The molecular weight excluding hydrogens is 304 g/mol. The van der Waals surface area contributed by atoms with Gasteiger partial charge in [0.05, 0.1) is 7.11 Å². The summed E-state index contributed by atoms with van der Waals surface area (Å²) in [6.45, 7) is 6.01. The van der Waals surface area contributed by atoms with Crippen molar-refractivity contribution < 1.29 is 4.74 Å². The Hall–Kier alpha value is -0.580. The number of hydrogen-bond acceptors (Lipinski definition) is 3. The predicted molar refractivity (Wildman–Crippen MR) is 84.6 cm³/mol. The zero-order chi connectivity index (χ0) is 14.3. The van der Waals surface area contributed by atoms with Crippen LogP contribution in [-0.4, -0.2) is 20.2 Å². The summed E-state index contributed by atoms with van der Waals surface area (Å²) in [4.78, 5) is 0. The molecule has 0 fully saturated rings. The third-order valence-electron chi connectivity index (χ3n) is 3.61. The summed E-state index contributed by atoms with van der Waals surface area (Å²) in [5.41, 5.74) is 7.03. The largest absolute Gasteiger partial charge is 0.496 e. The third-order valence-corrected chi connectivity index (χ3v) is 4.10. The van der Waals surface area contributed by atoms with Crippen LogP contribution in [0.5, 0.6) is 5.75 Å². The van der Waals surface area contributed by atoms with Crippen molar-refractivity contribution in [1.82, 2.24) is 5.32 Å². The first-order chi connectivity index (χ1) is 9.15. The molecule has 0 aliphatic rings. The number of methoxy groups -OCH3 is 1. The van der Waals surface area contributed by atoms with Crippen LogP contribution in [0.3, 0.4) is 0 Å². The van der Waals surface area contributed by atoms with E-state index in [0.29, 0.717) is 12.5 Å². The first-order valence-electron chi connectivity index (χ1n) is 6.93. The molecule has 0 saturated heterocycles. The fourth-order valence-corrected chi connectivity index (χ4v) is 2.56. The van der Waals surface area contributed by atoms with Gasteiger partial charge in [0.2, 0.25) is 0 Å². The number of benzene rings is 1. The minimum absolute atomic E-state index is 0.132. The molecule has 1 aromatic rings. The van der Waals surface area contributed by atoms with Gasteiger partial charge in [0.15, 0.2) is 0 Å².